The summed E-state index contributed by atoms with van der Waals surface area (Å²) in [5.41, 5.74) is -4.09. The molecule has 1 aromatic carbocycles. The zero-order valence-corrected chi connectivity index (χ0v) is 16.3. The Balaban J connectivity index is 1.93. The lowest BCUT2D eigenvalue weighted by atomic mass is 9.52. The lowest BCUT2D eigenvalue weighted by Gasteiger charge is -2.53. The van der Waals surface area contributed by atoms with E-state index >= 15 is 0 Å². The van der Waals surface area contributed by atoms with Gasteiger partial charge in [0, 0.05) is 16.2 Å². The van der Waals surface area contributed by atoms with Crippen LogP contribution in [-0.2, 0) is 20.6 Å². The van der Waals surface area contributed by atoms with E-state index in [-0.39, 0.29) is 23.6 Å². The first-order chi connectivity index (χ1) is 12.7. The molecule has 2 N–H and O–H groups in total. The lowest BCUT2D eigenvalue weighted by molar-refractivity contribution is -0.163. The molecule has 2 atom stereocenters. The molecule has 2 unspecified atom stereocenters. The van der Waals surface area contributed by atoms with Crippen molar-refractivity contribution in [2.75, 3.05) is 5.32 Å². The van der Waals surface area contributed by atoms with Crippen LogP contribution in [0.4, 0.5) is 18.9 Å². The molecule has 0 radical (unpaired) electrons. The van der Waals surface area contributed by atoms with E-state index in [2.05, 4.69) is 10.6 Å². The van der Waals surface area contributed by atoms with Gasteiger partial charge in [-0.2, -0.15) is 13.2 Å². The topological polar surface area (TPSA) is 75.3 Å². The molecule has 1 aliphatic carbocycles. The number of hydrogen-bond acceptors (Lipinski definition) is 3. The van der Waals surface area contributed by atoms with E-state index < -0.39 is 45.7 Å². The Hall–Kier alpha value is -2.09. The highest BCUT2D eigenvalue weighted by Gasteiger charge is 2.60. The molecule has 1 saturated carbocycles. The van der Waals surface area contributed by atoms with Crippen LogP contribution in [0.1, 0.15) is 45.6 Å². The monoisotopic (exact) mass is 416 g/mol. The number of hydrogen-bond donors (Lipinski definition) is 2. The van der Waals surface area contributed by atoms with E-state index in [0.29, 0.717) is 6.42 Å². The molecule has 0 spiro atoms. The minimum absolute atomic E-state index is 0.0350. The number of fused-ring (bicyclic) bond motifs is 2. The molecule has 1 aromatic rings. The van der Waals surface area contributed by atoms with Crippen molar-refractivity contribution in [2.45, 2.75) is 46.2 Å². The number of nitrogens with one attached hydrogen (secondary N) is 2. The van der Waals surface area contributed by atoms with E-state index in [4.69, 9.17) is 11.6 Å². The fourth-order valence-electron chi connectivity index (χ4n) is 4.73. The summed E-state index contributed by atoms with van der Waals surface area (Å²) in [5.74, 6) is -1.45. The van der Waals surface area contributed by atoms with Crippen LogP contribution in [0.25, 0.3) is 0 Å². The van der Waals surface area contributed by atoms with Crippen molar-refractivity contribution < 1.29 is 27.6 Å². The van der Waals surface area contributed by atoms with Crippen molar-refractivity contribution in [3.63, 3.8) is 0 Å². The van der Waals surface area contributed by atoms with Gasteiger partial charge in [-0.1, -0.05) is 32.4 Å². The number of amides is 3. The standard InChI is InChI=1S/C19H20ClF3N2O3/c1-16(7-17(2)9-18(3,8-16)15(28)25-14(17)27)13(26)24-12-6-10(19(21,22)23)4-5-11(12)20/h4-6H,7-9H2,1-3H3,(H,24,26)(H,25,27,28). The highest BCUT2D eigenvalue weighted by Crippen LogP contribution is 2.57. The third-order valence-corrected chi connectivity index (χ3v) is 6.08. The Kier molecular flexibility index (Phi) is 4.57. The summed E-state index contributed by atoms with van der Waals surface area (Å²) in [5, 5.41) is 4.80. The SMILES string of the molecule is CC12CC(C)(CC(C)(C(=O)Nc3cc(C(F)(F)F)ccc3Cl)C1)C(=O)NC2=O. The smallest absolute Gasteiger partial charge is 0.324 e. The normalized spacial score (nSPS) is 32.7. The molecule has 3 rings (SSSR count). The van der Waals surface area contributed by atoms with E-state index in [9.17, 15) is 27.6 Å². The molecule has 152 valence electrons. The number of piperidine rings is 1. The van der Waals surface area contributed by atoms with Crippen molar-refractivity contribution in [1.82, 2.24) is 5.32 Å². The van der Waals surface area contributed by atoms with E-state index in [1.54, 1.807) is 20.8 Å². The lowest BCUT2D eigenvalue weighted by Crippen LogP contribution is -2.63. The van der Waals surface area contributed by atoms with E-state index in [0.717, 1.165) is 18.2 Å². The predicted octanol–water partition coefficient (Wildman–Crippen LogP) is 4.16. The number of anilines is 1. The summed E-state index contributed by atoms with van der Waals surface area (Å²) in [6.45, 7) is 5.00. The highest BCUT2D eigenvalue weighted by molar-refractivity contribution is 6.33. The number of halogens is 4. The molecule has 28 heavy (non-hydrogen) atoms. The van der Waals surface area contributed by atoms with Gasteiger partial charge in [0.25, 0.3) is 0 Å². The molecule has 9 heteroatoms. The largest absolute Gasteiger partial charge is 0.416 e. The first-order valence-electron chi connectivity index (χ1n) is 8.73. The van der Waals surface area contributed by atoms with Gasteiger partial charge in [-0.3, -0.25) is 19.7 Å². The van der Waals surface area contributed by atoms with Gasteiger partial charge in [0.15, 0.2) is 0 Å². The second-order valence-electron chi connectivity index (χ2n) is 8.64. The number of benzene rings is 1. The van der Waals surface area contributed by atoms with Crippen LogP contribution in [0.2, 0.25) is 5.02 Å². The first-order valence-corrected chi connectivity index (χ1v) is 9.11. The molecule has 2 bridgehead atoms. The Morgan fingerprint density at radius 2 is 1.61 bits per heavy atom. The Morgan fingerprint density at radius 3 is 2.11 bits per heavy atom. The van der Waals surface area contributed by atoms with Crippen molar-refractivity contribution in [1.29, 1.82) is 0 Å². The number of imide groups is 1. The molecule has 1 saturated heterocycles. The first kappa shape index (κ1) is 20.6. The van der Waals surface area contributed by atoms with Gasteiger partial charge in [0.1, 0.15) is 0 Å². The van der Waals surface area contributed by atoms with Gasteiger partial charge in [0.2, 0.25) is 17.7 Å². The second kappa shape index (κ2) is 6.20. The summed E-state index contributed by atoms with van der Waals surface area (Å²) >= 11 is 5.97. The molecule has 2 aliphatic rings. The van der Waals surface area contributed by atoms with Crippen LogP contribution in [0.15, 0.2) is 18.2 Å². The number of rotatable bonds is 2. The fraction of sp³-hybridized carbons (Fsp3) is 0.526. The molecule has 2 fully saturated rings. The Morgan fingerprint density at radius 1 is 1.07 bits per heavy atom. The van der Waals surface area contributed by atoms with E-state index in [1.165, 1.54) is 0 Å². The average Bonchev–Trinajstić information content (AvgIpc) is 2.53. The third-order valence-electron chi connectivity index (χ3n) is 5.75. The minimum Gasteiger partial charge on any atom is -0.324 e. The minimum atomic E-state index is -4.58. The maximum absolute atomic E-state index is 13.0. The van der Waals surface area contributed by atoms with Crippen LogP contribution in [0.5, 0.6) is 0 Å². The molecule has 5 nitrogen and oxygen atoms in total. The van der Waals surface area contributed by atoms with E-state index in [1.807, 2.05) is 0 Å². The van der Waals surface area contributed by atoms with Gasteiger partial charge in [-0.25, -0.2) is 0 Å². The number of carbonyl (C=O) groups is 3. The Labute approximate surface area is 165 Å². The van der Waals surface area contributed by atoms with Crippen molar-refractivity contribution in [3.8, 4) is 0 Å². The van der Waals surface area contributed by atoms with Crippen LogP contribution in [0, 0.1) is 16.2 Å². The molecule has 1 heterocycles. The van der Waals surface area contributed by atoms with Crippen molar-refractivity contribution in [3.05, 3.63) is 28.8 Å². The van der Waals surface area contributed by atoms with Crippen molar-refractivity contribution >= 4 is 35.0 Å². The summed E-state index contributed by atoms with van der Waals surface area (Å²) < 4.78 is 38.9. The molecule has 3 amide bonds. The average molecular weight is 417 g/mol. The molecule has 0 aromatic heterocycles. The van der Waals surface area contributed by atoms with Gasteiger partial charge in [-0.15, -0.1) is 0 Å². The summed E-state index contributed by atoms with van der Waals surface area (Å²) in [6.07, 6.45) is -3.94. The van der Waals surface area contributed by atoms with Gasteiger partial charge in [-0.05, 0) is 37.5 Å². The van der Waals surface area contributed by atoms with Gasteiger partial charge < -0.3 is 5.32 Å². The Bertz CT molecular complexity index is 858. The van der Waals surface area contributed by atoms with Crippen LogP contribution in [-0.4, -0.2) is 17.7 Å². The third kappa shape index (κ3) is 3.38. The maximum atomic E-state index is 13.0. The van der Waals surface area contributed by atoms with Crippen LogP contribution in [0.3, 0.4) is 0 Å². The zero-order valence-electron chi connectivity index (χ0n) is 15.6. The fourth-order valence-corrected chi connectivity index (χ4v) is 4.89. The second-order valence-corrected chi connectivity index (χ2v) is 9.05. The summed E-state index contributed by atoms with van der Waals surface area (Å²) in [4.78, 5) is 37.7. The van der Waals surface area contributed by atoms with Crippen LogP contribution < -0.4 is 10.6 Å². The summed E-state index contributed by atoms with van der Waals surface area (Å²) in [6, 6.07) is 2.67. The molecule has 1 aliphatic heterocycles. The van der Waals surface area contributed by atoms with Crippen molar-refractivity contribution in [2.24, 2.45) is 16.2 Å². The predicted molar refractivity (Wildman–Crippen MR) is 96.4 cm³/mol. The molecular weight excluding hydrogens is 397 g/mol. The van der Waals surface area contributed by atoms with Gasteiger partial charge >= 0.3 is 6.18 Å². The quantitative estimate of drug-likeness (QED) is 0.711. The number of alkyl halides is 3. The maximum Gasteiger partial charge on any atom is 0.416 e. The zero-order chi connectivity index (χ0) is 21.1. The summed E-state index contributed by atoms with van der Waals surface area (Å²) in [7, 11) is 0. The number of carbonyl (C=O) groups excluding carboxylic acids is 3. The highest BCUT2D eigenvalue weighted by atomic mass is 35.5. The van der Waals surface area contributed by atoms with Crippen LogP contribution >= 0.6 is 11.6 Å². The molecular formula is C19H20ClF3N2O3. The van der Waals surface area contributed by atoms with Gasteiger partial charge in [0.05, 0.1) is 16.3 Å².